The van der Waals surface area contributed by atoms with Crippen molar-refractivity contribution in [3.8, 4) is 11.8 Å². The minimum Gasteiger partial charge on any atom is -0.384 e. The fourth-order valence-corrected chi connectivity index (χ4v) is 2.45. The monoisotopic (exact) mass is 287 g/mol. The topological polar surface area (TPSA) is 66.3 Å². The maximum Gasteiger partial charge on any atom is 0.274 e. The lowest BCUT2D eigenvalue weighted by molar-refractivity contribution is 0.0780. The largest absolute Gasteiger partial charge is 0.384 e. The normalized spacial score (nSPS) is 9.70. The Balaban J connectivity index is 2.02. The average Bonchev–Trinajstić information content (AvgIpc) is 2.92. The quantitative estimate of drug-likeness (QED) is 0.860. The molecule has 2 rings (SSSR count). The van der Waals surface area contributed by atoms with E-state index in [-0.39, 0.29) is 12.5 Å². The zero-order valence-corrected chi connectivity index (χ0v) is 11.7. The molecule has 0 radical (unpaired) electrons. The van der Waals surface area contributed by atoms with Gasteiger partial charge in [-0.2, -0.15) is 0 Å². The third-order valence-electron chi connectivity index (χ3n) is 2.49. The van der Waals surface area contributed by atoms with Crippen LogP contribution in [-0.4, -0.2) is 39.5 Å². The molecule has 0 saturated carbocycles. The van der Waals surface area contributed by atoms with Gasteiger partial charge < -0.3 is 10.0 Å². The number of carbonyl (C=O) groups is 1. The molecule has 1 amide bonds. The molecule has 0 aliphatic carbocycles. The highest BCUT2D eigenvalue weighted by Gasteiger charge is 2.14. The van der Waals surface area contributed by atoms with Gasteiger partial charge in [0.05, 0.1) is 12.7 Å². The molecule has 0 bridgehead atoms. The van der Waals surface area contributed by atoms with E-state index in [0.29, 0.717) is 12.2 Å². The van der Waals surface area contributed by atoms with Crippen molar-refractivity contribution in [2.45, 2.75) is 6.54 Å². The van der Waals surface area contributed by atoms with Crippen LogP contribution in [0.2, 0.25) is 0 Å². The molecule has 102 valence electrons. The van der Waals surface area contributed by atoms with Gasteiger partial charge in [0.15, 0.2) is 0 Å². The van der Waals surface area contributed by atoms with Crippen LogP contribution in [0.25, 0.3) is 0 Å². The summed E-state index contributed by atoms with van der Waals surface area (Å²) in [6.07, 6.45) is 4.47. The highest BCUT2D eigenvalue weighted by molar-refractivity contribution is 7.10. The Morgan fingerprint density at radius 2 is 2.35 bits per heavy atom. The van der Waals surface area contributed by atoms with Gasteiger partial charge in [-0.15, -0.1) is 11.3 Å². The van der Waals surface area contributed by atoms with Crippen LogP contribution in [0.3, 0.4) is 0 Å². The molecular weight excluding hydrogens is 274 g/mol. The summed E-state index contributed by atoms with van der Waals surface area (Å²) in [6, 6.07) is 1.91. The van der Waals surface area contributed by atoms with Gasteiger partial charge in [-0.25, -0.2) is 4.98 Å². The lowest BCUT2D eigenvalue weighted by Gasteiger charge is -2.15. The molecule has 2 heterocycles. The predicted octanol–water partition coefficient (Wildman–Crippen LogP) is 1.15. The van der Waals surface area contributed by atoms with Crippen LogP contribution in [0.1, 0.15) is 20.9 Å². The van der Waals surface area contributed by atoms with E-state index in [2.05, 4.69) is 21.8 Å². The smallest absolute Gasteiger partial charge is 0.274 e. The van der Waals surface area contributed by atoms with E-state index in [0.717, 1.165) is 10.4 Å². The van der Waals surface area contributed by atoms with Gasteiger partial charge in [0, 0.05) is 35.3 Å². The fraction of sp³-hybridized carbons (Fsp3) is 0.214. The number of hydrogen-bond acceptors (Lipinski definition) is 5. The number of aliphatic hydroxyl groups is 1. The molecule has 0 unspecified atom stereocenters. The lowest BCUT2D eigenvalue weighted by Crippen LogP contribution is -2.26. The summed E-state index contributed by atoms with van der Waals surface area (Å²) in [4.78, 5) is 22.6. The highest BCUT2D eigenvalue weighted by Crippen LogP contribution is 2.16. The number of nitrogens with zero attached hydrogens (tertiary/aromatic N) is 3. The molecule has 0 fully saturated rings. The minimum atomic E-state index is -0.172. The van der Waals surface area contributed by atoms with E-state index in [4.69, 9.17) is 5.11 Å². The van der Waals surface area contributed by atoms with Crippen LogP contribution in [-0.2, 0) is 6.54 Å². The molecule has 2 aromatic heterocycles. The van der Waals surface area contributed by atoms with Crippen molar-refractivity contribution < 1.29 is 9.90 Å². The Morgan fingerprint density at radius 3 is 3.05 bits per heavy atom. The van der Waals surface area contributed by atoms with Crippen molar-refractivity contribution in [1.82, 2.24) is 14.9 Å². The summed E-state index contributed by atoms with van der Waals surface area (Å²) < 4.78 is 0. The van der Waals surface area contributed by atoms with Gasteiger partial charge in [0.25, 0.3) is 5.91 Å². The van der Waals surface area contributed by atoms with Crippen LogP contribution in [0.4, 0.5) is 0 Å². The van der Waals surface area contributed by atoms with Crippen molar-refractivity contribution in [1.29, 1.82) is 0 Å². The van der Waals surface area contributed by atoms with E-state index in [9.17, 15) is 4.79 Å². The predicted molar refractivity (Wildman–Crippen MR) is 76.1 cm³/mol. The van der Waals surface area contributed by atoms with Crippen molar-refractivity contribution in [2.24, 2.45) is 0 Å². The number of rotatable bonds is 3. The molecule has 20 heavy (non-hydrogen) atoms. The van der Waals surface area contributed by atoms with Crippen LogP contribution in [0.15, 0.2) is 30.0 Å². The second kappa shape index (κ2) is 6.80. The Bertz CT molecular complexity index is 643. The Morgan fingerprint density at radius 1 is 1.50 bits per heavy atom. The first-order chi connectivity index (χ1) is 9.70. The number of carbonyl (C=O) groups excluding carboxylic acids is 1. The van der Waals surface area contributed by atoms with Crippen LogP contribution in [0, 0.1) is 11.8 Å². The molecule has 0 atom stereocenters. The first kappa shape index (κ1) is 14.2. The zero-order valence-electron chi connectivity index (χ0n) is 10.9. The van der Waals surface area contributed by atoms with E-state index in [1.54, 1.807) is 11.9 Å². The maximum atomic E-state index is 12.1. The van der Waals surface area contributed by atoms with Crippen molar-refractivity contribution in [3.63, 3.8) is 0 Å². The van der Waals surface area contributed by atoms with Crippen molar-refractivity contribution >= 4 is 17.2 Å². The van der Waals surface area contributed by atoms with Gasteiger partial charge in [-0.1, -0.05) is 11.8 Å². The van der Waals surface area contributed by atoms with Gasteiger partial charge >= 0.3 is 0 Å². The summed E-state index contributed by atoms with van der Waals surface area (Å²) in [5.74, 6) is 5.25. The molecule has 0 aliphatic rings. The number of aliphatic hydroxyl groups excluding tert-OH is 1. The van der Waals surface area contributed by atoms with Crippen LogP contribution in [0.5, 0.6) is 0 Å². The maximum absolute atomic E-state index is 12.1. The first-order valence-corrected chi connectivity index (χ1v) is 6.77. The molecule has 0 saturated heterocycles. The van der Waals surface area contributed by atoms with E-state index >= 15 is 0 Å². The minimum absolute atomic E-state index is 0.157. The Kier molecular flexibility index (Phi) is 4.82. The Hall–Kier alpha value is -2.23. The standard InChI is InChI=1S/C14H13N3O2S/c1-17(14(19)13-8-15-4-5-16-13)9-12-7-11(10-20-12)3-2-6-18/h4-5,7-8,10,18H,6,9H2,1H3. The van der Waals surface area contributed by atoms with Gasteiger partial charge in [-0.05, 0) is 6.07 Å². The highest BCUT2D eigenvalue weighted by atomic mass is 32.1. The van der Waals surface area contributed by atoms with Crippen LogP contribution < -0.4 is 0 Å². The van der Waals surface area contributed by atoms with Crippen LogP contribution >= 0.6 is 11.3 Å². The van der Waals surface area contributed by atoms with Gasteiger partial charge in [0.2, 0.25) is 0 Å². The zero-order chi connectivity index (χ0) is 14.4. The van der Waals surface area contributed by atoms with Gasteiger partial charge in [0.1, 0.15) is 12.3 Å². The summed E-state index contributed by atoms with van der Waals surface area (Å²) >= 11 is 1.53. The number of aromatic nitrogens is 2. The average molecular weight is 287 g/mol. The first-order valence-electron chi connectivity index (χ1n) is 5.89. The number of amides is 1. The van der Waals surface area contributed by atoms with Gasteiger partial charge in [-0.3, -0.25) is 9.78 Å². The molecule has 2 aromatic rings. The van der Waals surface area contributed by atoms with Crippen molar-refractivity contribution in [2.75, 3.05) is 13.7 Å². The molecular formula is C14H13N3O2S. The molecule has 0 aromatic carbocycles. The molecule has 6 heteroatoms. The summed E-state index contributed by atoms with van der Waals surface area (Å²) in [7, 11) is 1.72. The number of thiophene rings is 1. The molecule has 5 nitrogen and oxygen atoms in total. The molecule has 0 spiro atoms. The fourth-order valence-electron chi connectivity index (χ4n) is 1.58. The van der Waals surface area contributed by atoms with E-state index in [1.807, 2.05) is 11.4 Å². The lowest BCUT2D eigenvalue weighted by atomic mass is 10.3. The SMILES string of the molecule is CN(Cc1cc(C#CCO)cs1)C(=O)c1cnccn1. The third kappa shape index (κ3) is 3.63. The third-order valence-corrected chi connectivity index (χ3v) is 3.41. The summed E-state index contributed by atoms with van der Waals surface area (Å²) in [5.41, 5.74) is 1.17. The second-order valence-electron chi connectivity index (χ2n) is 4.01. The van der Waals surface area contributed by atoms with E-state index < -0.39 is 0 Å². The van der Waals surface area contributed by atoms with E-state index in [1.165, 1.54) is 29.9 Å². The molecule has 0 aliphatic heterocycles. The Labute approximate surface area is 120 Å². The second-order valence-corrected chi connectivity index (χ2v) is 5.01. The van der Waals surface area contributed by atoms with Crippen molar-refractivity contribution in [3.05, 3.63) is 46.2 Å². The summed E-state index contributed by atoms with van der Waals surface area (Å²) in [6.45, 7) is 0.330. The molecule has 1 N–H and O–H groups in total. The summed E-state index contributed by atoms with van der Waals surface area (Å²) in [5, 5.41) is 10.5. The number of hydrogen-bond donors (Lipinski definition) is 1.